The molecule has 4 rings (SSSR count). The molecular formula is C30H38F3N3O3. The Morgan fingerprint density at radius 3 is 2.46 bits per heavy atom. The molecule has 1 aromatic heterocycles. The van der Waals surface area contributed by atoms with E-state index in [1.54, 1.807) is 4.90 Å². The van der Waals surface area contributed by atoms with Crippen LogP contribution in [0.15, 0.2) is 42.6 Å². The zero-order valence-corrected chi connectivity index (χ0v) is 22.7. The number of alkyl halides is 3. The molecule has 1 atom stereocenters. The van der Waals surface area contributed by atoms with Crippen LogP contribution in [0.1, 0.15) is 78.5 Å². The minimum atomic E-state index is -4.51. The second kappa shape index (κ2) is 12.2. The van der Waals surface area contributed by atoms with Gasteiger partial charge in [0.15, 0.2) is 5.78 Å². The third-order valence-corrected chi connectivity index (χ3v) is 8.12. The highest BCUT2D eigenvalue weighted by Gasteiger charge is 2.37. The molecule has 212 valence electrons. The van der Waals surface area contributed by atoms with Gasteiger partial charge in [-0.05, 0) is 88.2 Å². The zero-order chi connectivity index (χ0) is 28.2. The molecule has 1 unspecified atom stereocenters. The first-order chi connectivity index (χ1) is 18.4. The number of pyridine rings is 1. The lowest BCUT2D eigenvalue weighted by Crippen LogP contribution is -2.33. The highest BCUT2D eigenvalue weighted by atomic mass is 19.4. The fourth-order valence-electron chi connectivity index (χ4n) is 5.92. The summed E-state index contributed by atoms with van der Waals surface area (Å²) >= 11 is 0. The molecule has 1 saturated heterocycles. The maximum absolute atomic E-state index is 12.9. The molecular weight excluding hydrogens is 507 g/mol. The molecule has 9 heteroatoms. The van der Waals surface area contributed by atoms with Crippen LogP contribution in [0.4, 0.5) is 13.2 Å². The number of aliphatic hydroxyl groups is 1. The number of hydrogen-bond acceptors (Lipinski definition) is 5. The van der Waals surface area contributed by atoms with Gasteiger partial charge in [-0.15, -0.1) is 0 Å². The average molecular weight is 546 g/mol. The summed E-state index contributed by atoms with van der Waals surface area (Å²) in [5.41, 5.74) is 0.0743. The van der Waals surface area contributed by atoms with Gasteiger partial charge < -0.3 is 14.9 Å². The van der Waals surface area contributed by atoms with Crippen molar-refractivity contribution in [2.75, 3.05) is 27.2 Å². The molecule has 1 aliphatic carbocycles. The summed E-state index contributed by atoms with van der Waals surface area (Å²) in [5.74, 6) is 0.287. The first-order valence-electron chi connectivity index (χ1n) is 13.7. The number of amides is 1. The number of benzene rings is 1. The van der Waals surface area contributed by atoms with Gasteiger partial charge in [-0.3, -0.25) is 14.6 Å². The number of hydrogen-bond donors (Lipinski definition) is 1. The number of rotatable bonds is 9. The van der Waals surface area contributed by atoms with Gasteiger partial charge in [-0.2, -0.15) is 13.2 Å². The quantitative estimate of drug-likeness (QED) is 0.425. The second-order valence-electron chi connectivity index (χ2n) is 11.5. The van der Waals surface area contributed by atoms with Crippen LogP contribution in [0.2, 0.25) is 0 Å². The normalized spacial score (nSPS) is 23.8. The van der Waals surface area contributed by atoms with Crippen LogP contribution in [-0.4, -0.2) is 58.8 Å². The highest BCUT2D eigenvalue weighted by Crippen LogP contribution is 2.41. The van der Waals surface area contributed by atoms with Crippen molar-refractivity contribution in [2.24, 2.45) is 11.8 Å². The summed E-state index contributed by atoms with van der Waals surface area (Å²) in [7, 11) is 4.02. The summed E-state index contributed by atoms with van der Waals surface area (Å²) in [4.78, 5) is 33.6. The number of ketones is 1. The number of Topliss-reactive ketones (excluding diaryl/α,β-unsaturated/α-hetero) is 1. The molecule has 2 aromatic rings. The third-order valence-electron chi connectivity index (χ3n) is 8.12. The van der Waals surface area contributed by atoms with Gasteiger partial charge in [-0.25, -0.2) is 0 Å². The average Bonchev–Trinajstić information content (AvgIpc) is 3.37. The van der Waals surface area contributed by atoms with E-state index in [9.17, 15) is 27.9 Å². The third kappa shape index (κ3) is 7.66. The zero-order valence-electron chi connectivity index (χ0n) is 22.7. The summed E-state index contributed by atoms with van der Waals surface area (Å²) in [6.07, 6.45) is 2.29. The van der Waals surface area contributed by atoms with Crippen LogP contribution in [0.3, 0.4) is 0 Å². The van der Waals surface area contributed by atoms with Crippen molar-refractivity contribution in [3.05, 3.63) is 65.0 Å². The Balaban J connectivity index is 1.21. The van der Waals surface area contributed by atoms with E-state index in [1.165, 1.54) is 12.1 Å². The molecule has 0 spiro atoms. The van der Waals surface area contributed by atoms with Crippen LogP contribution < -0.4 is 0 Å². The first kappa shape index (κ1) is 29.2. The highest BCUT2D eigenvalue weighted by molar-refractivity contribution is 5.98. The van der Waals surface area contributed by atoms with E-state index in [0.29, 0.717) is 37.8 Å². The van der Waals surface area contributed by atoms with Crippen molar-refractivity contribution in [2.45, 2.75) is 69.7 Å². The summed E-state index contributed by atoms with van der Waals surface area (Å²) < 4.78 is 38.8. The number of likely N-dealkylation sites (tertiary alicyclic amines) is 1. The van der Waals surface area contributed by atoms with Gasteiger partial charge >= 0.3 is 6.18 Å². The molecule has 1 N–H and O–H groups in total. The smallest absolute Gasteiger partial charge is 0.384 e. The molecule has 39 heavy (non-hydrogen) atoms. The van der Waals surface area contributed by atoms with Crippen LogP contribution >= 0.6 is 0 Å². The number of carbonyl (C=O) groups excluding carboxylic acids is 2. The predicted molar refractivity (Wildman–Crippen MR) is 142 cm³/mol. The molecule has 1 saturated carbocycles. The summed E-state index contributed by atoms with van der Waals surface area (Å²) in [5, 5.41) is 11.2. The number of aromatic nitrogens is 1. The van der Waals surface area contributed by atoms with Gasteiger partial charge in [0, 0.05) is 44.2 Å². The molecule has 2 fully saturated rings. The van der Waals surface area contributed by atoms with E-state index >= 15 is 0 Å². The lowest BCUT2D eigenvalue weighted by molar-refractivity contribution is -0.137. The van der Waals surface area contributed by atoms with Crippen molar-refractivity contribution in [3.63, 3.8) is 0 Å². The van der Waals surface area contributed by atoms with Crippen LogP contribution in [-0.2, 0) is 23.1 Å². The number of nitrogens with zero attached hydrogens (tertiary/aromatic N) is 3. The Bertz CT molecular complexity index is 1140. The Morgan fingerprint density at radius 1 is 1.08 bits per heavy atom. The Kier molecular flexibility index (Phi) is 9.11. The van der Waals surface area contributed by atoms with Crippen LogP contribution in [0.5, 0.6) is 0 Å². The molecule has 0 radical (unpaired) electrons. The first-order valence-corrected chi connectivity index (χ1v) is 13.7. The van der Waals surface area contributed by atoms with Gasteiger partial charge in [0.1, 0.15) is 5.60 Å². The topological polar surface area (TPSA) is 73.7 Å². The lowest BCUT2D eigenvalue weighted by Gasteiger charge is -2.36. The number of carbonyl (C=O) groups is 2. The monoisotopic (exact) mass is 545 g/mol. The molecule has 2 aliphatic rings. The minimum Gasteiger partial charge on any atom is -0.384 e. The molecule has 0 bridgehead atoms. The Hall–Kier alpha value is -2.78. The van der Waals surface area contributed by atoms with Crippen molar-refractivity contribution < 1.29 is 27.9 Å². The van der Waals surface area contributed by atoms with Gasteiger partial charge in [0.05, 0.1) is 11.3 Å². The van der Waals surface area contributed by atoms with E-state index in [4.69, 9.17) is 0 Å². The fraction of sp³-hybridized carbons (Fsp3) is 0.567. The largest absolute Gasteiger partial charge is 0.416 e. The predicted octanol–water partition coefficient (Wildman–Crippen LogP) is 5.44. The van der Waals surface area contributed by atoms with Crippen molar-refractivity contribution in [1.29, 1.82) is 0 Å². The minimum absolute atomic E-state index is 0.00140. The van der Waals surface area contributed by atoms with E-state index in [2.05, 4.69) is 9.88 Å². The van der Waals surface area contributed by atoms with Gasteiger partial charge in [-0.1, -0.05) is 18.2 Å². The van der Waals surface area contributed by atoms with Crippen molar-refractivity contribution in [1.82, 2.24) is 14.8 Å². The molecule has 6 nitrogen and oxygen atoms in total. The molecule has 1 aromatic carbocycles. The van der Waals surface area contributed by atoms with Crippen LogP contribution in [0, 0.1) is 11.8 Å². The van der Waals surface area contributed by atoms with Crippen molar-refractivity contribution >= 4 is 11.7 Å². The maximum Gasteiger partial charge on any atom is 0.416 e. The SMILES string of the molecule is CN(C)Cc1ccc(C2(O)CCC(CC3CCN(C(=O)CCC(=O)c4cccc(C(F)(F)F)c4)C3)CC2)nc1. The van der Waals surface area contributed by atoms with Gasteiger partial charge in [0.2, 0.25) is 5.91 Å². The summed E-state index contributed by atoms with van der Waals surface area (Å²) in [6.45, 7) is 2.09. The van der Waals surface area contributed by atoms with Crippen molar-refractivity contribution in [3.8, 4) is 0 Å². The fourth-order valence-corrected chi connectivity index (χ4v) is 5.92. The Labute approximate surface area is 228 Å². The van der Waals surface area contributed by atoms with Crippen LogP contribution in [0.25, 0.3) is 0 Å². The lowest BCUT2D eigenvalue weighted by atomic mass is 9.74. The van der Waals surface area contributed by atoms with E-state index in [1.807, 2.05) is 32.4 Å². The van der Waals surface area contributed by atoms with E-state index < -0.39 is 23.1 Å². The maximum atomic E-state index is 12.9. The summed E-state index contributed by atoms with van der Waals surface area (Å²) in [6, 6.07) is 8.32. The second-order valence-corrected chi connectivity index (χ2v) is 11.5. The number of halogens is 3. The van der Waals surface area contributed by atoms with E-state index in [0.717, 1.165) is 55.6 Å². The standard InChI is InChI=1S/C30H38F3N3O3/c1-35(2)19-23-6-8-27(34-18-23)29(39)13-10-21(11-14-29)16-22-12-15-36(20-22)28(38)9-7-26(37)24-4-3-5-25(17-24)30(31,32)33/h3-6,8,17-18,21-22,39H,7,9-16,19-20H2,1-2H3. The molecule has 1 amide bonds. The van der Waals surface area contributed by atoms with Gasteiger partial charge in [0.25, 0.3) is 0 Å². The van der Waals surface area contributed by atoms with E-state index in [-0.39, 0.29) is 24.3 Å². The molecule has 1 aliphatic heterocycles. The Morgan fingerprint density at radius 2 is 1.82 bits per heavy atom. The molecule has 2 heterocycles.